The first-order valence-corrected chi connectivity index (χ1v) is 7.79. The molecule has 1 aliphatic carbocycles. The van der Waals surface area contributed by atoms with E-state index in [4.69, 9.17) is 9.47 Å². The van der Waals surface area contributed by atoms with Gasteiger partial charge in [0.05, 0.1) is 16.8 Å². The summed E-state index contributed by atoms with van der Waals surface area (Å²) in [6.07, 6.45) is 2.75. The van der Waals surface area contributed by atoms with Gasteiger partial charge in [-0.05, 0) is 31.0 Å². The normalized spacial score (nSPS) is 23.4. The Labute approximate surface area is 107 Å². The highest BCUT2D eigenvalue weighted by atomic mass is 32.2. The summed E-state index contributed by atoms with van der Waals surface area (Å²) < 4.78 is 35.0. The monoisotopic (exact) mass is 268 g/mol. The van der Waals surface area contributed by atoms with E-state index in [1.165, 1.54) is 0 Å². The molecule has 0 radical (unpaired) electrons. The number of rotatable bonds is 5. The van der Waals surface area contributed by atoms with Crippen LogP contribution in [0.2, 0.25) is 0 Å². The van der Waals surface area contributed by atoms with Crippen molar-refractivity contribution in [3.63, 3.8) is 0 Å². The van der Waals surface area contributed by atoms with E-state index in [1.807, 2.05) is 0 Å². The molecule has 0 N–H and O–H groups in total. The van der Waals surface area contributed by atoms with Crippen LogP contribution in [-0.4, -0.2) is 33.0 Å². The number of ether oxygens (including phenoxy) is 2. The maximum absolute atomic E-state index is 12.2. The third-order valence-electron chi connectivity index (χ3n) is 3.46. The van der Waals surface area contributed by atoms with Crippen LogP contribution in [0, 0.1) is 0 Å². The average molecular weight is 268 g/mol. The zero-order valence-corrected chi connectivity index (χ0v) is 10.9. The maximum atomic E-state index is 12.2. The summed E-state index contributed by atoms with van der Waals surface area (Å²) in [6, 6.07) is 6.78. The standard InChI is InChI=1S/C13H16O4S/c14-18(15,12-4-2-5-12)13-6-1-3-10(7-13)16-8-11-9-17-11/h1,3,6-7,11-12H,2,4-5,8-9H2. The molecular weight excluding hydrogens is 252 g/mol. The van der Waals surface area contributed by atoms with E-state index in [2.05, 4.69) is 0 Å². The molecule has 1 aromatic carbocycles. The van der Waals surface area contributed by atoms with Gasteiger partial charge in [-0.15, -0.1) is 0 Å². The molecule has 1 saturated heterocycles. The number of epoxide rings is 1. The highest BCUT2D eigenvalue weighted by Crippen LogP contribution is 2.32. The molecule has 98 valence electrons. The van der Waals surface area contributed by atoms with Crippen LogP contribution in [0.1, 0.15) is 19.3 Å². The Morgan fingerprint density at radius 1 is 1.33 bits per heavy atom. The van der Waals surface area contributed by atoms with Crippen LogP contribution in [0.4, 0.5) is 0 Å². The van der Waals surface area contributed by atoms with Crippen LogP contribution in [0.3, 0.4) is 0 Å². The number of sulfone groups is 1. The van der Waals surface area contributed by atoms with Gasteiger partial charge >= 0.3 is 0 Å². The molecule has 5 heteroatoms. The fourth-order valence-corrected chi connectivity index (χ4v) is 3.86. The zero-order chi connectivity index (χ0) is 12.6. The molecule has 0 aromatic heterocycles. The van der Waals surface area contributed by atoms with Crippen molar-refractivity contribution in [3.8, 4) is 5.75 Å². The second-order valence-electron chi connectivity index (χ2n) is 4.84. The summed E-state index contributed by atoms with van der Waals surface area (Å²) in [6.45, 7) is 1.23. The summed E-state index contributed by atoms with van der Waals surface area (Å²) in [5.41, 5.74) is 0. The summed E-state index contributed by atoms with van der Waals surface area (Å²) in [5.74, 6) is 0.603. The van der Waals surface area contributed by atoms with E-state index >= 15 is 0 Å². The summed E-state index contributed by atoms with van der Waals surface area (Å²) in [7, 11) is -3.16. The van der Waals surface area contributed by atoms with E-state index in [1.54, 1.807) is 24.3 Å². The first-order chi connectivity index (χ1) is 8.66. The molecule has 1 heterocycles. The van der Waals surface area contributed by atoms with E-state index in [0.717, 1.165) is 25.9 Å². The predicted octanol–water partition coefficient (Wildman–Crippen LogP) is 1.79. The number of benzene rings is 1. The lowest BCUT2D eigenvalue weighted by atomic mass is 10.00. The van der Waals surface area contributed by atoms with Crippen molar-refractivity contribution in [3.05, 3.63) is 24.3 Å². The van der Waals surface area contributed by atoms with Gasteiger partial charge in [-0.3, -0.25) is 0 Å². The smallest absolute Gasteiger partial charge is 0.181 e. The second kappa shape index (κ2) is 4.55. The lowest BCUT2D eigenvalue weighted by Gasteiger charge is -2.25. The van der Waals surface area contributed by atoms with E-state index in [-0.39, 0.29) is 11.4 Å². The summed E-state index contributed by atoms with van der Waals surface area (Å²) in [5, 5.41) is -0.195. The van der Waals surface area contributed by atoms with Gasteiger partial charge in [0, 0.05) is 0 Å². The zero-order valence-electron chi connectivity index (χ0n) is 10.0. The topological polar surface area (TPSA) is 55.9 Å². The summed E-state index contributed by atoms with van der Waals surface area (Å²) >= 11 is 0. The number of hydrogen-bond acceptors (Lipinski definition) is 4. The van der Waals surface area contributed by atoms with Crippen LogP contribution in [0.25, 0.3) is 0 Å². The molecule has 1 unspecified atom stereocenters. The third kappa shape index (κ3) is 2.37. The molecule has 2 aliphatic rings. The molecule has 18 heavy (non-hydrogen) atoms. The average Bonchev–Trinajstić information content (AvgIpc) is 3.07. The van der Waals surface area contributed by atoms with Gasteiger partial charge in [0.2, 0.25) is 0 Å². The molecule has 4 nitrogen and oxygen atoms in total. The minimum absolute atomic E-state index is 0.178. The molecule has 0 bridgehead atoms. The first kappa shape index (κ1) is 12.0. The Balaban J connectivity index is 1.76. The first-order valence-electron chi connectivity index (χ1n) is 6.24. The molecule has 1 aromatic rings. The van der Waals surface area contributed by atoms with Gasteiger partial charge in [0.1, 0.15) is 18.5 Å². The van der Waals surface area contributed by atoms with Gasteiger partial charge in [-0.2, -0.15) is 0 Å². The van der Waals surface area contributed by atoms with Crippen molar-refractivity contribution in [2.75, 3.05) is 13.2 Å². The van der Waals surface area contributed by atoms with E-state index in [9.17, 15) is 8.42 Å². The van der Waals surface area contributed by atoms with Crippen molar-refractivity contribution < 1.29 is 17.9 Å². The van der Waals surface area contributed by atoms with Gasteiger partial charge in [0.15, 0.2) is 9.84 Å². The third-order valence-corrected chi connectivity index (χ3v) is 5.72. The van der Waals surface area contributed by atoms with Gasteiger partial charge in [0.25, 0.3) is 0 Å². The van der Waals surface area contributed by atoms with Crippen LogP contribution in [-0.2, 0) is 14.6 Å². The molecule has 2 fully saturated rings. The van der Waals surface area contributed by atoms with Crippen LogP contribution in [0.15, 0.2) is 29.2 Å². The van der Waals surface area contributed by atoms with Crippen LogP contribution >= 0.6 is 0 Å². The lowest BCUT2D eigenvalue weighted by molar-refractivity contribution is 0.262. The Morgan fingerprint density at radius 2 is 2.11 bits per heavy atom. The van der Waals surface area contributed by atoms with Crippen LogP contribution < -0.4 is 4.74 Å². The molecule has 1 atom stereocenters. The fraction of sp³-hybridized carbons (Fsp3) is 0.538. The van der Waals surface area contributed by atoms with Crippen molar-refractivity contribution in [1.82, 2.24) is 0 Å². The van der Waals surface area contributed by atoms with Crippen molar-refractivity contribution in [1.29, 1.82) is 0 Å². The largest absolute Gasteiger partial charge is 0.491 e. The molecule has 1 aliphatic heterocycles. The second-order valence-corrected chi connectivity index (χ2v) is 7.07. The molecular formula is C13H16O4S. The van der Waals surface area contributed by atoms with E-state index in [0.29, 0.717) is 17.3 Å². The highest BCUT2D eigenvalue weighted by molar-refractivity contribution is 7.92. The number of hydrogen-bond donors (Lipinski definition) is 0. The van der Waals surface area contributed by atoms with Crippen LogP contribution in [0.5, 0.6) is 5.75 Å². The Bertz CT molecular complexity index is 530. The van der Waals surface area contributed by atoms with Crippen molar-refractivity contribution in [2.24, 2.45) is 0 Å². The van der Waals surface area contributed by atoms with Gasteiger partial charge < -0.3 is 9.47 Å². The van der Waals surface area contributed by atoms with Crippen molar-refractivity contribution >= 4 is 9.84 Å². The summed E-state index contributed by atoms with van der Waals surface area (Å²) in [4.78, 5) is 0.376. The highest BCUT2D eigenvalue weighted by Gasteiger charge is 2.32. The van der Waals surface area contributed by atoms with E-state index < -0.39 is 9.84 Å². The molecule has 3 rings (SSSR count). The Morgan fingerprint density at radius 3 is 2.72 bits per heavy atom. The molecule has 1 saturated carbocycles. The van der Waals surface area contributed by atoms with Gasteiger partial charge in [-0.25, -0.2) is 8.42 Å². The molecule has 0 spiro atoms. The predicted molar refractivity (Wildman–Crippen MR) is 66.5 cm³/mol. The minimum atomic E-state index is -3.16. The SMILES string of the molecule is O=S(=O)(c1cccc(OCC2CO2)c1)C1CCC1. The Kier molecular flexibility index (Phi) is 3.03. The van der Waals surface area contributed by atoms with Gasteiger partial charge in [-0.1, -0.05) is 12.5 Å². The molecule has 0 amide bonds. The Hall–Kier alpha value is -1.07. The fourth-order valence-electron chi connectivity index (χ4n) is 1.97. The van der Waals surface area contributed by atoms with Crippen molar-refractivity contribution in [2.45, 2.75) is 35.5 Å². The quantitative estimate of drug-likeness (QED) is 0.764. The lowest BCUT2D eigenvalue weighted by Crippen LogP contribution is -2.28. The maximum Gasteiger partial charge on any atom is 0.181 e. The minimum Gasteiger partial charge on any atom is -0.491 e.